The summed E-state index contributed by atoms with van der Waals surface area (Å²) < 4.78 is 18.4. The van der Waals surface area contributed by atoms with E-state index in [2.05, 4.69) is 40.8 Å². The lowest BCUT2D eigenvalue weighted by Crippen LogP contribution is -2.43. The van der Waals surface area contributed by atoms with Crippen molar-refractivity contribution in [1.82, 2.24) is 0 Å². The van der Waals surface area contributed by atoms with Gasteiger partial charge in [0.15, 0.2) is 14.6 Å². The SMILES string of the molecule is CC1[C@@H](CO[Si](C)(C)C(C)(C)C)[C@H](OC2CCCCO2)C[C@@H]1O. The first-order chi connectivity index (χ1) is 10.6. The predicted molar refractivity (Wildman–Crippen MR) is 94.9 cm³/mol. The molecule has 23 heavy (non-hydrogen) atoms. The predicted octanol–water partition coefficient (Wildman–Crippen LogP) is 3.94. The van der Waals surface area contributed by atoms with Crippen LogP contribution in [0.25, 0.3) is 0 Å². The van der Waals surface area contributed by atoms with Crippen molar-refractivity contribution in [3.8, 4) is 0 Å². The van der Waals surface area contributed by atoms with Gasteiger partial charge in [-0.05, 0) is 43.3 Å². The van der Waals surface area contributed by atoms with E-state index in [9.17, 15) is 5.11 Å². The Labute approximate surface area is 143 Å². The summed E-state index contributed by atoms with van der Waals surface area (Å²) in [6, 6.07) is 0. The number of aliphatic hydroxyl groups is 1. The molecule has 136 valence electrons. The van der Waals surface area contributed by atoms with E-state index >= 15 is 0 Å². The molecule has 0 aromatic rings. The van der Waals surface area contributed by atoms with Crippen molar-refractivity contribution in [1.29, 1.82) is 0 Å². The molecule has 0 bridgehead atoms. The fourth-order valence-electron chi connectivity index (χ4n) is 3.20. The third-order valence-electron chi connectivity index (χ3n) is 6.14. The summed E-state index contributed by atoms with van der Waals surface area (Å²) in [5.74, 6) is 0.470. The van der Waals surface area contributed by atoms with Crippen molar-refractivity contribution in [2.45, 2.75) is 90.0 Å². The first kappa shape index (κ1) is 19.4. The Kier molecular flexibility index (Phi) is 6.34. The van der Waals surface area contributed by atoms with Gasteiger partial charge in [-0.25, -0.2) is 0 Å². The molecule has 0 amide bonds. The molecular formula is C18H36O4Si. The molecule has 2 fully saturated rings. The highest BCUT2D eigenvalue weighted by Gasteiger charge is 2.44. The molecule has 0 radical (unpaired) electrons. The van der Waals surface area contributed by atoms with E-state index in [4.69, 9.17) is 13.9 Å². The molecule has 1 saturated carbocycles. The van der Waals surface area contributed by atoms with E-state index in [0.29, 0.717) is 13.0 Å². The number of hydrogen-bond acceptors (Lipinski definition) is 4. The molecule has 5 heteroatoms. The van der Waals surface area contributed by atoms with Gasteiger partial charge in [0.1, 0.15) is 0 Å². The smallest absolute Gasteiger partial charge is 0.191 e. The highest BCUT2D eigenvalue weighted by atomic mass is 28.4. The zero-order chi connectivity index (χ0) is 17.3. The van der Waals surface area contributed by atoms with Crippen LogP contribution in [0.2, 0.25) is 18.1 Å². The molecule has 1 saturated heterocycles. The Morgan fingerprint density at radius 1 is 1.22 bits per heavy atom. The Morgan fingerprint density at radius 3 is 2.48 bits per heavy atom. The van der Waals surface area contributed by atoms with E-state index in [1.807, 2.05) is 0 Å². The van der Waals surface area contributed by atoms with Gasteiger partial charge in [0.05, 0.1) is 12.2 Å². The molecule has 0 aromatic heterocycles. The molecule has 4 nitrogen and oxygen atoms in total. The Bertz CT molecular complexity index is 374. The standard InChI is InChI=1S/C18H36O4Si/c1-13-14(12-21-23(5,6)18(2,3)4)16(11-15(13)19)22-17-9-7-8-10-20-17/h13-17,19H,7-12H2,1-6H3/t13?,14-,15+,16-,17?/m1/s1. The van der Waals surface area contributed by atoms with Crippen LogP contribution in [0.4, 0.5) is 0 Å². The second kappa shape index (κ2) is 7.52. The minimum absolute atomic E-state index is 0.0490. The van der Waals surface area contributed by atoms with E-state index in [-0.39, 0.29) is 35.4 Å². The van der Waals surface area contributed by atoms with Crippen LogP contribution in [0.15, 0.2) is 0 Å². The number of rotatable bonds is 5. The number of hydrogen-bond donors (Lipinski definition) is 1. The van der Waals surface area contributed by atoms with Gasteiger partial charge in [-0.2, -0.15) is 0 Å². The maximum absolute atomic E-state index is 10.3. The van der Waals surface area contributed by atoms with Gasteiger partial charge in [0, 0.05) is 25.6 Å². The van der Waals surface area contributed by atoms with Crippen molar-refractivity contribution >= 4 is 8.32 Å². The normalized spacial score (nSPS) is 36.4. The molecule has 1 N–H and O–H groups in total. The average molecular weight is 345 g/mol. The summed E-state index contributed by atoms with van der Waals surface area (Å²) in [5.41, 5.74) is 0. The zero-order valence-corrected chi connectivity index (χ0v) is 16.8. The first-order valence-electron chi connectivity index (χ1n) is 9.21. The minimum Gasteiger partial charge on any atom is -0.416 e. The molecule has 2 unspecified atom stereocenters. The van der Waals surface area contributed by atoms with Crippen LogP contribution < -0.4 is 0 Å². The maximum atomic E-state index is 10.3. The van der Waals surface area contributed by atoms with Crippen LogP contribution in [0.3, 0.4) is 0 Å². The molecule has 1 heterocycles. The fourth-order valence-corrected chi connectivity index (χ4v) is 4.24. The van der Waals surface area contributed by atoms with Crippen LogP contribution in [0.1, 0.15) is 53.4 Å². The largest absolute Gasteiger partial charge is 0.416 e. The second-order valence-corrected chi connectivity index (χ2v) is 13.7. The van der Waals surface area contributed by atoms with Gasteiger partial charge in [-0.1, -0.05) is 27.7 Å². The average Bonchev–Trinajstić information content (AvgIpc) is 2.71. The van der Waals surface area contributed by atoms with Crippen LogP contribution in [-0.4, -0.2) is 45.1 Å². The number of ether oxygens (including phenoxy) is 2. The van der Waals surface area contributed by atoms with Crippen molar-refractivity contribution in [2.24, 2.45) is 11.8 Å². The number of aliphatic hydroxyl groups excluding tert-OH is 1. The first-order valence-corrected chi connectivity index (χ1v) is 12.1. The molecule has 2 aliphatic rings. The van der Waals surface area contributed by atoms with Gasteiger partial charge in [0.25, 0.3) is 0 Å². The highest BCUT2D eigenvalue weighted by molar-refractivity contribution is 6.74. The van der Waals surface area contributed by atoms with E-state index in [0.717, 1.165) is 19.4 Å². The summed E-state index contributed by atoms with van der Waals surface area (Å²) in [6.07, 6.45) is 3.62. The van der Waals surface area contributed by atoms with E-state index in [1.165, 1.54) is 6.42 Å². The Morgan fingerprint density at radius 2 is 1.91 bits per heavy atom. The lowest BCUT2D eigenvalue weighted by molar-refractivity contribution is -0.197. The second-order valence-electron chi connectivity index (χ2n) is 8.87. The fraction of sp³-hybridized carbons (Fsp3) is 1.00. The lowest BCUT2D eigenvalue weighted by Gasteiger charge is -2.38. The highest BCUT2D eigenvalue weighted by Crippen LogP contribution is 2.40. The van der Waals surface area contributed by atoms with Gasteiger partial charge >= 0.3 is 0 Å². The Hall–Kier alpha value is 0.0569. The quantitative estimate of drug-likeness (QED) is 0.768. The van der Waals surface area contributed by atoms with Crippen LogP contribution in [-0.2, 0) is 13.9 Å². The van der Waals surface area contributed by atoms with Gasteiger partial charge in [0.2, 0.25) is 0 Å². The van der Waals surface area contributed by atoms with Crippen molar-refractivity contribution in [3.05, 3.63) is 0 Å². The molecule has 2 rings (SSSR count). The lowest BCUT2D eigenvalue weighted by atomic mass is 9.97. The molecule has 1 aliphatic heterocycles. The molecule has 0 spiro atoms. The van der Waals surface area contributed by atoms with Crippen molar-refractivity contribution in [2.75, 3.05) is 13.2 Å². The monoisotopic (exact) mass is 344 g/mol. The zero-order valence-electron chi connectivity index (χ0n) is 15.8. The van der Waals surface area contributed by atoms with Crippen LogP contribution in [0, 0.1) is 11.8 Å². The minimum atomic E-state index is -1.77. The van der Waals surface area contributed by atoms with Crippen LogP contribution >= 0.6 is 0 Å². The van der Waals surface area contributed by atoms with Gasteiger partial charge < -0.3 is 19.0 Å². The summed E-state index contributed by atoms with van der Waals surface area (Å²) in [5, 5.41) is 10.5. The van der Waals surface area contributed by atoms with Crippen molar-refractivity contribution in [3.63, 3.8) is 0 Å². The molecule has 5 atom stereocenters. The molecule has 1 aliphatic carbocycles. The van der Waals surface area contributed by atoms with Gasteiger partial charge in [-0.15, -0.1) is 0 Å². The van der Waals surface area contributed by atoms with E-state index < -0.39 is 8.32 Å². The molecule has 0 aromatic carbocycles. The third kappa shape index (κ3) is 4.79. The topological polar surface area (TPSA) is 47.9 Å². The maximum Gasteiger partial charge on any atom is 0.191 e. The van der Waals surface area contributed by atoms with Gasteiger partial charge in [-0.3, -0.25) is 0 Å². The van der Waals surface area contributed by atoms with Crippen molar-refractivity contribution < 1.29 is 19.0 Å². The van der Waals surface area contributed by atoms with Crippen LogP contribution in [0.5, 0.6) is 0 Å². The summed E-state index contributed by atoms with van der Waals surface area (Å²) >= 11 is 0. The summed E-state index contributed by atoms with van der Waals surface area (Å²) in [7, 11) is -1.77. The molecular weight excluding hydrogens is 308 g/mol. The Balaban J connectivity index is 1.95. The summed E-state index contributed by atoms with van der Waals surface area (Å²) in [6.45, 7) is 14.9. The summed E-state index contributed by atoms with van der Waals surface area (Å²) in [4.78, 5) is 0. The van der Waals surface area contributed by atoms with E-state index in [1.54, 1.807) is 0 Å². The third-order valence-corrected chi connectivity index (χ3v) is 10.6.